The topological polar surface area (TPSA) is 77.9 Å². The first kappa shape index (κ1) is 18.2. The molecule has 1 fully saturated rings. The van der Waals surface area contributed by atoms with E-state index in [1.54, 1.807) is 25.1 Å². The van der Waals surface area contributed by atoms with Crippen molar-refractivity contribution in [3.05, 3.63) is 34.3 Å². The molecule has 0 bridgehead atoms. The summed E-state index contributed by atoms with van der Waals surface area (Å²) in [5, 5.41) is 10.7. The summed E-state index contributed by atoms with van der Waals surface area (Å²) in [6.07, 6.45) is -0.846. The van der Waals surface area contributed by atoms with Gasteiger partial charge in [0.2, 0.25) is 10.0 Å². The van der Waals surface area contributed by atoms with Crippen LogP contribution < -0.4 is 0 Å². The molecular weight excluding hydrogens is 340 g/mol. The third-order valence-corrected chi connectivity index (χ3v) is 6.29. The van der Waals surface area contributed by atoms with E-state index in [0.717, 1.165) is 9.87 Å². The minimum absolute atomic E-state index is 0.133. The van der Waals surface area contributed by atoms with Gasteiger partial charge in [-0.1, -0.05) is 11.6 Å². The zero-order valence-electron chi connectivity index (χ0n) is 13.4. The fourth-order valence-corrected chi connectivity index (χ4v) is 4.03. The van der Waals surface area contributed by atoms with Gasteiger partial charge < -0.3 is 10.0 Å². The number of likely N-dealkylation sites (tertiary alicyclic amines) is 1. The highest BCUT2D eigenvalue weighted by atomic mass is 35.5. The van der Waals surface area contributed by atoms with Gasteiger partial charge in [0.1, 0.15) is 0 Å². The Morgan fingerprint density at radius 3 is 2.61 bits per heavy atom. The number of nitrogens with zero attached hydrogens (tertiary/aromatic N) is 2. The normalized spacial score (nSPS) is 21.9. The lowest BCUT2D eigenvalue weighted by molar-refractivity contribution is 0.0764. The summed E-state index contributed by atoms with van der Waals surface area (Å²) in [4.78, 5) is 14.1. The first-order valence-corrected chi connectivity index (χ1v) is 9.24. The molecule has 1 aromatic rings. The van der Waals surface area contributed by atoms with E-state index < -0.39 is 22.0 Å². The highest BCUT2D eigenvalue weighted by molar-refractivity contribution is 7.89. The first-order valence-electron chi connectivity index (χ1n) is 7.25. The molecule has 2 rings (SSSR count). The zero-order valence-corrected chi connectivity index (χ0v) is 14.9. The van der Waals surface area contributed by atoms with Gasteiger partial charge in [-0.15, -0.1) is 0 Å². The fourth-order valence-electron chi connectivity index (χ4n) is 2.64. The number of rotatable bonds is 4. The SMILES string of the molecule is Cc1cc(Cl)ccc1C(=O)N1C[C@@H](CS(=O)(=O)N(C)C)[C@H](O)C1. The Kier molecular flexibility index (Phi) is 5.35. The average Bonchev–Trinajstić information content (AvgIpc) is 2.78. The van der Waals surface area contributed by atoms with E-state index in [1.807, 2.05) is 0 Å². The lowest BCUT2D eigenvalue weighted by Crippen LogP contribution is -2.33. The molecule has 23 heavy (non-hydrogen) atoms. The Balaban J connectivity index is 2.13. The lowest BCUT2D eigenvalue weighted by atomic mass is 10.1. The molecule has 0 aliphatic carbocycles. The van der Waals surface area contributed by atoms with Crippen LogP contribution in [0.4, 0.5) is 0 Å². The third-order valence-electron chi connectivity index (χ3n) is 4.09. The van der Waals surface area contributed by atoms with E-state index in [1.165, 1.54) is 19.0 Å². The summed E-state index contributed by atoms with van der Waals surface area (Å²) in [5.74, 6) is -0.883. The summed E-state index contributed by atoms with van der Waals surface area (Å²) in [7, 11) is -0.514. The number of halogens is 1. The molecule has 0 radical (unpaired) electrons. The van der Waals surface area contributed by atoms with Gasteiger partial charge in [0, 0.05) is 43.7 Å². The van der Waals surface area contributed by atoms with Crippen LogP contribution in [0.3, 0.4) is 0 Å². The molecular formula is C15H21ClN2O4S. The molecule has 0 spiro atoms. The molecule has 8 heteroatoms. The van der Waals surface area contributed by atoms with E-state index >= 15 is 0 Å². The second-order valence-electron chi connectivity index (χ2n) is 6.06. The summed E-state index contributed by atoms with van der Waals surface area (Å²) in [5.41, 5.74) is 1.26. The molecule has 1 aliphatic rings. The Labute approximate surface area is 141 Å². The monoisotopic (exact) mass is 360 g/mol. The maximum absolute atomic E-state index is 12.6. The van der Waals surface area contributed by atoms with Crippen LogP contribution >= 0.6 is 11.6 Å². The second kappa shape index (κ2) is 6.76. The van der Waals surface area contributed by atoms with Gasteiger partial charge in [-0.05, 0) is 30.7 Å². The number of amides is 1. The largest absolute Gasteiger partial charge is 0.391 e. The smallest absolute Gasteiger partial charge is 0.254 e. The Morgan fingerprint density at radius 1 is 1.39 bits per heavy atom. The minimum Gasteiger partial charge on any atom is -0.391 e. The van der Waals surface area contributed by atoms with Gasteiger partial charge in [0.05, 0.1) is 11.9 Å². The quantitative estimate of drug-likeness (QED) is 0.868. The third kappa shape index (κ3) is 4.03. The predicted molar refractivity (Wildman–Crippen MR) is 89.1 cm³/mol. The zero-order chi connectivity index (χ0) is 17.4. The summed E-state index contributed by atoms with van der Waals surface area (Å²) in [6.45, 7) is 2.14. The van der Waals surface area contributed by atoms with E-state index in [4.69, 9.17) is 11.6 Å². The van der Waals surface area contributed by atoms with Gasteiger partial charge in [-0.2, -0.15) is 0 Å². The number of hydrogen-bond acceptors (Lipinski definition) is 4. The van der Waals surface area contributed by atoms with E-state index in [2.05, 4.69) is 0 Å². The van der Waals surface area contributed by atoms with Gasteiger partial charge in [-0.3, -0.25) is 4.79 Å². The van der Waals surface area contributed by atoms with E-state index in [0.29, 0.717) is 10.6 Å². The van der Waals surface area contributed by atoms with Crippen LogP contribution in [0, 0.1) is 12.8 Å². The molecule has 0 saturated carbocycles. The molecule has 0 aromatic heterocycles. The van der Waals surface area contributed by atoms with Crippen LogP contribution in [-0.4, -0.2) is 67.7 Å². The van der Waals surface area contributed by atoms with Crippen molar-refractivity contribution >= 4 is 27.5 Å². The highest BCUT2D eigenvalue weighted by Gasteiger charge is 2.37. The second-order valence-corrected chi connectivity index (χ2v) is 8.72. The van der Waals surface area contributed by atoms with Crippen molar-refractivity contribution in [3.63, 3.8) is 0 Å². The number of carbonyl (C=O) groups excluding carboxylic acids is 1. The fraction of sp³-hybridized carbons (Fsp3) is 0.533. The van der Waals surface area contributed by atoms with Gasteiger partial charge in [0.15, 0.2) is 0 Å². The van der Waals surface area contributed by atoms with Crippen molar-refractivity contribution < 1.29 is 18.3 Å². The highest BCUT2D eigenvalue weighted by Crippen LogP contribution is 2.24. The van der Waals surface area contributed by atoms with Crippen LogP contribution in [0.1, 0.15) is 15.9 Å². The number of aliphatic hydroxyl groups is 1. The van der Waals surface area contributed by atoms with E-state index in [-0.39, 0.29) is 24.7 Å². The van der Waals surface area contributed by atoms with Crippen LogP contribution in [0.5, 0.6) is 0 Å². The van der Waals surface area contributed by atoms with Crippen molar-refractivity contribution in [1.29, 1.82) is 0 Å². The predicted octanol–water partition coefficient (Wildman–Crippen LogP) is 0.973. The molecule has 1 amide bonds. The Morgan fingerprint density at radius 2 is 2.04 bits per heavy atom. The number of β-amino-alcohol motifs (C(OH)–C–C–N with tert-alkyl or cyclic N) is 1. The van der Waals surface area contributed by atoms with Crippen LogP contribution in [-0.2, 0) is 10.0 Å². The maximum atomic E-state index is 12.6. The number of carbonyl (C=O) groups is 1. The summed E-state index contributed by atoms with van der Waals surface area (Å²) >= 11 is 5.89. The number of aliphatic hydroxyl groups excluding tert-OH is 1. The van der Waals surface area contributed by atoms with Crippen LogP contribution in [0.15, 0.2) is 18.2 Å². The number of aryl methyl sites for hydroxylation is 1. The average molecular weight is 361 g/mol. The molecule has 1 N–H and O–H groups in total. The summed E-state index contributed by atoms with van der Waals surface area (Å²) < 4.78 is 25.1. The first-order chi connectivity index (χ1) is 10.6. The van der Waals surface area contributed by atoms with Gasteiger partial charge in [0.25, 0.3) is 5.91 Å². The van der Waals surface area contributed by atoms with Crippen molar-refractivity contribution in [3.8, 4) is 0 Å². The Bertz CT molecular complexity index is 705. The molecule has 6 nitrogen and oxygen atoms in total. The van der Waals surface area contributed by atoms with Crippen molar-refractivity contribution in [2.45, 2.75) is 13.0 Å². The standard InChI is InChI=1S/C15H21ClN2O4S/c1-10-6-12(16)4-5-13(10)15(20)18-7-11(14(19)8-18)9-23(21,22)17(2)3/h4-6,11,14,19H,7-9H2,1-3H3/t11-,14+/m0/s1. The Hall–Kier alpha value is -1.15. The number of hydrogen-bond donors (Lipinski definition) is 1. The van der Waals surface area contributed by atoms with Crippen molar-refractivity contribution in [1.82, 2.24) is 9.21 Å². The van der Waals surface area contributed by atoms with Crippen LogP contribution in [0.2, 0.25) is 5.02 Å². The maximum Gasteiger partial charge on any atom is 0.254 e. The molecule has 1 aliphatic heterocycles. The molecule has 1 heterocycles. The summed E-state index contributed by atoms with van der Waals surface area (Å²) in [6, 6.07) is 4.99. The van der Waals surface area contributed by atoms with Gasteiger partial charge in [-0.25, -0.2) is 12.7 Å². The minimum atomic E-state index is -3.42. The number of sulfonamides is 1. The van der Waals surface area contributed by atoms with E-state index in [9.17, 15) is 18.3 Å². The lowest BCUT2D eigenvalue weighted by Gasteiger charge is -2.18. The number of benzene rings is 1. The van der Waals surface area contributed by atoms with Gasteiger partial charge >= 0.3 is 0 Å². The van der Waals surface area contributed by atoms with Crippen molar-refractivity contribution in [2.75, 3.05) is 32.9 Å². The molecule has 2 atom stereocenters. The molecule has 1 saturated heterocycles. The molecule has 0 unspecified atom stereocenters. The van der Waals surface area contributed by atoms with Crippen molar-refractivity contribution in [2.24, 2.45) is 5.92 Å². The molecule has 1 aromatic carbocycles. The molecule has 128 valence electrons. The van der Waals surface area contributed by atoms with Crippen LogP contribution in [0.25, 0.3) is 0 Å².